The first-order valence-electron chi connectivity index (χ1n) is 11.4. The topological polar surface area (TPSA) is 105 Å². The Balaban J connectivity index is 1.52. The van der Waals surface area contributed by atoms with Crippen LogP contribution in [0, 0.1) is 0 Å². The number of rotatable bonds is 11. The van der Waals surface area contributed by atoms with Gasteiger partial charge in [0.2, 0.25) is 6.04 Å². The highest BCUT2D eigenvalue weighted by molar-refractivity contribution is 5.86. The molecular weight excluding hydrogens is 465 g/mol. The zero-order valence-electron chi connectivity index (χ0n) is 18.9. The standard InChI is InChI=1S/C25H27F3N2O5/c26-25(27,28)22(23(33)29-14-8-2-1-3-13-21(31)32)30-24(34)35-15-20-18-11-6-4-9-16(18)17-10-5-7-12-19(17)20/h4-7,9-12,20,22H,1-3,8,13-15H2,(H,29,33)(H,30,34)(H,31,32). The van der Waals surface area contributed by atoms with E-state index in [9.17, 15) is 27.6 Å². The summed E-state index contributed by atoms with van der Waals surface area (Å²) in [6, 6.07) is 12.3. The molecule has 1 aliphatic rings. The second kappa shape index (κ2) is 11.7. The van der Waals surface area contributed by atoms with E-state index in [1.165, 1.54) is 0 Å². The maximum atomic E-state index is 13.4. The fourth-order valence-corrected chi connectivity index (χ4v) is 4.12. The van der Waals surface area contributed by atoms with E-state index in [0.29, 0.717) is 25.7 Å². The van der Waals surface area contributed by atoms with Gasteiger partial charge in [-0.1, -0.05) is 61.4 Å². The minimum absolute atomic E-state index is 0.0204. The largest absolute Gasteiger partial charge is 0.481 e. The highest BCUT2D eigenvalue weighted by Gasteiger charge is 2.46. The van der Waals surface area contributed by atoms with Crippen molar-refractivity contribution in [2.24, 2.45) is 0 Å². The highest BCUT2D eigenvalue weighted by atomic mass is 19.4. The molecule has 0 spiro atoms. The van der Waals surface area contributed by atoms with Gasteiger partial charge in [-0.15, -0.1) is 0 Å². The molecule has 35 heavy (non-hydrogen) atoms. The maximum Gasteiger partial charge on any atom is 0.417 e. The third kappa shape index (κ3) is 6.97. The Morgan fingerprint density at radius 2 is 1.49 bits per heavy atom. The molecule has 3 rings (SSSR count). The van der Waals surface area contributed by atoms with Gasteiger partial charge in [-0.05, 0) is 35.1 Å². The number of amides is 2. The van der Waals surface area contributed by atoms with Crippen LogP contribution in [0.5, 0.6) is 0 Å². The first kappa shape index (κ1) is 26.1. The van der Waals surface area contributed by atoms with Crippen LogP contribution in [0.25, 0.3) is 11.1 Å². The number of hydrogen-bond acceptors (Lipinski definition) is 4. The van der Waals surface area contributed by atoms with Crippen LogP contribution in [-0.2, 0) is 14.3 Å². The number of carbonyl (C=O) groups excluding carboxylic acids is 2. The van der Waals surface area contributed by atoms with Crippen molar-refractivity contribution < 1.29 is 37.4 Å². The molecule has 0 radical (unpaired) electrons. The Kier molecular flexibility index (Phi) is 8.73. The van der Waals surface area contributed by atoms with E-state index in [-0.39, 0.29) is 25.5 Å². The molecule has 2 aromatic carbocycles. The summed E-state index contributed by atoms with van der Waals surface area (Å²) in [5, 5.41) is 12.4. The van der Waals surface area contributed by atoms with Gasteiger partial charge in [0, 0.05) is 18.9 Å². The second-order valence-corrected chi connectivity index (χ2v) is 8.29. The van der Waals surface area contributed by atoms with E-state index in [4.69, 9.17) is 9.84 Å². The Morgan fingerprint density at radius 1 is 0.914 bits per heavy atom. The third-order valence-corrected chi connectivity index (χ3v) is 5.81. The summed E-state index contributed by atoms with van der Waals surface area (Å²) < 4.78 is 45.4. The predicted octanol–water partition coefficient (Wildman–Crippen LogP) is 4.61. The van der Waals surface area contributed by atoms with Crippen LogP contribution in [0.2, 0.25) is 0 Å². The Hall–Kier alpha value is -3.56. The molecule has 0 heterocycles. The van der Waals surface area contributed by atoms with Gasteiger partial charge in [0.15, 0.2) is 0 Å². The van der Waals surface area contributed by atoms with Crippen molar-refractivity contribution in [2.75, 3.05) is 13.2 Å². The van der Waals surface area contributed by atoms with Crippen molar-refractivity contribution in [3.8, 4) is 11.1 Å². The number of halogens is 3. The zero-order valence-corrected chi connectivity index (χ0v) is 18.9. The van der Waals surface area contributed by atoms with Gasteiger partial charge in [0.05, 0.1) is 0 Å². The van der Waals surface area contributed by atoms with Gasteiger partial charge in [0.1, 0.15) is 6.61 Å². The lowest BCUT2D eigenvalue weighted by molar-refractivity contribution is -0.167. The van der Waals surface area contributed by atoms with Crippen LogP contribution in [0.4, 0.5) is 18.0 Å². The average molecular weight is 492 g/mol. The number of alkyl halides is 3. The maximum absolute atomic E-state index is 13.4. The molecule has 1 atom stereocenters. The average Bonchev–Trinajstić information content (AvgIpc) is 3.13. The SMILES string of the molecule is O=C(O)CCCCCCNC(=O)C(NC(=O)OCC1c2ccccc2-c2ccccc21)C(F)(F)F. The molecule has 10 heteroatoms. The molecule has 2 aromatic rings. The van der Waals surface area contributed by atoms with Gasteiger partial charge in [-0.3, -0.25) is 9.59 Å². The molecule has 7 nitrogen and oxygen atoms in total. The molecule has 188 valence electrons. The van der Waals surface area contributed by atoms with Crippen LogP contribution in [0.3, 0.4) is 0 Å². The van der Waals surface area contributed by atoms with Gasteiger partial charge in [-0.25, -0.2) is 4.79 Å². The number of carbonyl (C=O) groups is 3. The summed E-state index contributed by atoms with van der Waals surface area (Å²) in [6.45, 7) is -0.201. The summed E-state index contributed by atoms with van der Waals surface area (Å²) in [4.78, 5) is 34.8. The van der Waals surface area contributed by atoms with Crippen molar-refractivity contribution in [3.63, 3.8) is 0 Å². The van der Waals surface area contributed by atoms with E-state index in [1.54, 1.807) is 5.32 Å². The molecule has 3 N–H and O–H groups in total. The minimum atomic E-state index is -5.00. The van der Waals surface area contributed by atoms with Gasteiger partial charge in [-0.2, -0.15) is 13.2 Å². The summed E-state index contributed by atoms with van der Waals surface area (Å²) in [5.74, 6) is -2.62. The van der Waals surface area contributed by atoms with Crippen molar-refractivity contribution >= 4 is 18.0 Å². The molecule has 0 fully saturated rings. The molecule has 0 bridgehead atoms. The number of benzene rings is 2. The molecule has 0 aromatic heterocycles. The van der Waals surface area contributed by atoms with Crippen LogP contribution in [0.1, 0.15) is 49.1 Å². The number of alkyl carbamates (subject to hydrolysis) is 1. The van der Waals surface area contributed by atoms with Crippen LogP contribution in [0.15, 0.2) is 48.5 Å². The zero-order chi connectivity index (χ0) is 25.4. The monoisotopic (exact) mass is 492 g/mol. The van der Waals surface area contributed by atoms with E-state index in [0.717, 1.165) is 22.3 Å². The number of aliphatic carboxylic acids is 1. The number of ether oxygens (including phenoxy) is 1. The number of unbranched alkanes of at least 4 members (excludes halogenated alkanes) is 3. The fourth-order valence-electron chi connectivity index (χ4n) is 4.12. The number of nitrogens with one attached hydrogen (secondary N) is 2. The van der Waals surface area contributed by atoms with Crippen LogP contribution >= 0.6 is 0 Å². The Labute approximate surface area is 200 Å². The molecule has 2 amide bonds. The Bertz CT molecular complexity index is 1010. The number of fused-ring (bicyclic) bond motifs is 3. The molecule has 1 unspecified atom stereocenters. The quantitative estimate of drug-likeness (QED) is 0.398. The summed E-state index contributed by atoms with van der Waals surface area (Å²) >= 11 is 0. The lowest BCUT2D eigenvalue weighted by atomic mass is 9.98. The van der Waals surface area contributed by atoms with Crippen LogP contribution < -0.4 is 10.6 Å². The first-order chi connectivity index (χ1) is 16.7. The van der Waals surface area contributed by atoms with Gasteiger partial charge >= 0.3 is 18.2 Å². The van der Waals surface area contributed by atoms with E-state index in [1.807, 2.05) is 48.5 Å². The van der Waals surface area contributed by atoms with E-state index >= 15 is 0 Å². The van der Waals surface area contributed by atoms with Gasteiger partial charge < -0.3 is 20.5 Å². The smallest absolute Gasteiger partial charge is 0.417 e. The van der Waals surface area contributed by atoms with E-state index < -0.39 is 30.2 Å². The number of carboxylic acids is 1. The molecule has 0 aliphatic heterocycles. The summed E-state index contributed by atoms with van der Waals surface area (Å²) in [7, 11) is 0. The third-order valence-electron chi connectivity index (χ3n) is 5.81. The lowest BCUT2D eigenvalue weighted by Gasteiger charge is -2.21. The van der Waals surface area contributed by atoms with Gasteiger partial charge in [0.25, 0.3) is 5.91 Å². The number of carboxylic acid groups (broad SMARTS) is 1. The highest BCUT2D eigenvalue weighted by Crippen LogP contribution is 2.44. The second-order valence-electron chi connectivity index (χ2n) is 8.29. The fraction of sp³-hybridized carbons (Fsp3) is 0.400. The molecular formula is C25H27F3N2O5. The summed E-state index contributed by atoms with van der Waals surface area (Å²) in [6.07, 6.45) is -4.33. The molecule has 0 saturated heterocycles. The molecule has 0 saturated carbocycles. The first-order valence-corrected chi connectivity index (χ1v) is 11.4. The van der Waals surface area contributed by atoms with Crippen molar-refractivity contribution in [1.29, 1.82) is 0 Å². The predicted molar refractivity (Wildman–Crippen MR) is 122 cm³/mol. The minimum Gasteiger partial charge on any atom is -0.481 e. The number of hydrogen-bond donors (Lipinski definition) is 3. The van der Waals surface area contributed by atoms with Crippen molar-refractivity contribution in [2.45, 2.75) is 50.2 Å². The molecule has 1 aliphatic carbocycles. The van der Waals surface area contributed by atoms with Crippen LogP contribution in [-0.4, -0.2) is 48.4 Å². The summed E-state index contributed by atoms with van der Waals surface area (Å²) in [5.41, 5.74) is 3.78. The van der Waals surface area contributed by atoms with E-state index in [2.05, 4.69) is 5.32 Å². The Morgan fingerprint density at radius 3 is 2.06 bits per heavy atom. The van der Waals surface area contributed by atoms with Crippen molar-refractivity contribution in [1.82, 2.24) is 10.6 Å². The van der Waals surface area contributed by atoms with Crippen molar-refractivity contribution in [3.05, 3.63) is 59.7 Å². The lowest BCUT2D eigenvalue weighted by Crippen LogP contribution is -2.55. The normalized spacial score (nSPS) is 13.5.